The molecule has 410 valence electrons. The molecule has 0 aliphatic rings. The summed E-state index contributed by atoms with van der Waals surface area (Å²) in [5.74, 6) is -0.970. The maximum atomic E-state index is 12.9. The molecule has 1 atom stereocenters. The van der Waals surface area contributed by atoms with Gasteiger partial charge in [0.15, 0.2) is 6.10 Å². The van der Waals surface area contributed by atoms with E-state index in [-0.39, 0.29) is 37.5 Å². The van der Waals surface area contributed by atoms with E-state index in [1.165, 1.54) is 186 Å². The van der Waals surface area contributed by atoms with Crippen molar-refractivity contribution in [3.63, 3.8) is 0 Å². The van der Waals surface area contributed by atoms with Crippen molar-refractivity contribution in [1.29, 1.82) is 0 Å². The van der Waals surface area contributed by atoms with E-state index < -0.39 is 6.10 Å². The van der Waals surface area contributed by atoms with E-state index in [9.17, 15) is 14.4 Å². The zero-order chi connectivity index (χ0) is 51.4. The van der Waals surface area contributed by atoms with Crippen LogP contribution in [0.3, 0.4) is 0 Å². The first-order chi connectivity index (χ1) is 35.0. The molecule has 0 aromatic rings. The number of rotatable bonds is 55. The Bertz CT molecular complexity index is 1320. The first-order valence-corrected chi connectivity index (χ1v) is 30.4. The topological polar surface area (TPSA) is 78.9 Å². The Morgan fingerprint density at radius 1 is 0.296 bits per heavy atom. The molecule has 0 aromatic heterocycles. The van der Waals surface area contributed by atoms with E-state index in [2.05, 4.69) is 87.6 Å². The summed E-state index contributed by atoms with van der Waals surface area (Å²) < 4.78 is 16.8. The van der Waals surface area contributed by atoms with Gasteiger partial charge in [-0.05, 0) is 77.0 Å². The van der Waals surface area contributed by atoms with Crippen molar-refractivity contribution in [3.05, 3.63) is 72.9 Å². The summed E-state index contributed by atoms with van der Waals surface area (Å²) in [6.07, 6.45) is 76.3. The summed E-state index contributed by atoms with van der Waals surface area (Å²) in [5.41, 5.74) is 0. The van der Waals surface area contributed by atoms with Crippen LogP contribution < -0.4 is 0 Å². The molecule has 0 saturated carbocycles. The highest BCUT2D eigenvalue weighted by Gasteiger charge is 2.19. The maximum Gasteiger partial charge on any atom is 0.306 e. The molecule has 0 saturated heterocycles. The number of esters is 3. The Kier molecular flexibility index (Phi) is 56.8. The number of hydrogen-bond donors (Lipinski definition) is 0. The number of allylic oxidation sites excluding steroid dienone is 12. The molecule has 0 aliphatic heterocycles. The van der Waals surface area contributed by atoms with Crippen LogP contribution in [-0.4, -0.2) is 37.2 Å². The SMILES string of the molecule is CC/C=C\C/C=C\C/C=C\C/C=C\CCC(=O)OCC(COC(=O)CCCCCCCCCCCCC/C=C\C/C=C\CCCCCCC)OC(=O)CCCCCCCCCCCCCCCCCCC. The average Bonchev–Trinajstić information content (AvgIpc) is 3.37. The molecule has 0 heterocycles. The summed E-state index contributed by atoms with van der Waals surface area (Å²) >= 11 is 0. The smallest absolute Gasteiger partial charge is 0.306 e. The van der Waals surface area contributed by atoms with Gasteiger partial charge < -0.3 is 14.2 Å². The Labute approximate surface area is 440 Å². The van der Waals surface area contributed by atoms with Crippen molar-refractivity contribution in [2.75, 3.05) is 13.2 Å². The summed E-state index contributed by atoms with van der Waals surface area (Å²) in [6, 6.07) is 0. The van der Waals surface area contributed by atoms with Crippen LogP contribution in [0.15, 0.2) is 72.9 Å². The van der Waals surface area contributed by atoms with Crippen LogP contribution in [0.4, 0.5) is 0 Å². The minimum atomic E-state index is -0.803. The number of carbonyl (C=O) groups is 3. The van der Waals surface area contributed by atoms with Gasteiger partial charge in [-0.1, -0.05) is 280 Å². The van der Waals surface area contributed by atoms with E-state index in [0.29, 0.717) is 19.3 Å². The second-order valence-electron chi connectivity index (χ2n) is 20.2. The molecular weight excluding hydrogens is 877 g/mol. The van der Waals surface area contributed by atoms with Gasteiger partial charge in [0.1, 0.15) is 13.2 Å². The Balaban J connectivity index is 4.35. The maximum absolute atomic E-state index is 12.9. The largest absolute Gasteiger partial charge is 0.462 e. The van der Waals surface area contributed by atoms with Gasteiger partial charge in [0.05, 0.1) is 0 Å². The summed E-state index contributed by atoms with van der Waals surface area (Å²) in [4.78, 5) is 38.2. The molecule has 0 aliphatic carbocycles. The zero-order valence-corrected chi connectivity index (χ0v) is 47.0. The zero-order valence-electron chi connectivity index (χ0n) is 47.0. The Hall–Kier alpha value is -3.15. The van der Waals surface area contributed by atoms with Crippen LogP contribution >= 0.6 is 0 Å². The first-order valence-electron chi connectivity index (χ1n) is 30.4. The van der Waals surface area contributed by atoms with E-state index in [4.69, 9.17) is 14.2 Å². The number of unbranched alkanes of at least 4 members (excludes halogenated alkanes) is 32. The minimum Gasteiger partial charge on any atom is -0.462 e. The van der Waals surface area contributed by atoms with Gasteiger partial charge in [0.25, 0.3) is 0 Å². The molecule has 0 spiro atoms. The first kappa shape index (κ1) is 67.8. The van der Waals surface area contributed by atoms with Gasteiger partial charge in [-0.15, -0.1) is 0 Å². The third-order valence-corrected chi connectivity index (χ3v) is 13.2. The molecule has 0 radical (unpaired) electrons. The van der Waals surface area contributed by atoms with Gasteiger partial charge in [-0.25, -0.2) is 0 Å². The molecule has 71 heavy (non-hydrogen) atoms. The highest BCUT2D eigenvalue weighted by atomic mass is 16.6. The van der Waals surface area contributed by atoms with Crippen molar-refractivity contribution >= 4 is 17.9 Å². The lowest BCUT2D eigenvalue weighted by molar-refractivity contribution is -0.166. The molecule has 0 amide bonds. The highest BCUT2D eigenvalue weighted by Crippen LogP contribution is 2.17. The average molecular weight is 992 g/mol. The van der Waals surface area contributed by atoms with Crippen LogP contribution in [0.2, 0.25) is 0 Å². The summed E-state index contributed by atoms with van der Waals surface area (Å²) in [7, 11) is 0. The van der Waals surface area contributed by atoms with E-state index >= 15 is 0 Å². The molecule has 6 nitrogen and oxygen atoms in total. The minimum absolute atomic E-state index is 0.0958. The second kappa shape index (κ2) is 59.4. The summed E-state index contributed by atoms with van der Waals surface area (Å²) in [6.45, 7) is 6.48. The van der Waals surface area contributed by atoms with Crippen molar-refractivity contribution in [3.8, 4) is 0 Å². The van der Waals surface area contributed by atoms with Crippen molar-refractivity contribution < 1.29 is 28.6 Å². The van der Waals surface area contributed by atoms with E-state index in [1.54, 1.807) is 0 Å². The lowest BCUT2D eigenvalue weighted by Gasteiger charge is -2.18. The van der Waals surface area contributed by atoms with Crippen LogP contribution in [0, 0.1) is 0 Å². The quantitative estimate of drug-likeness (QED) is 0.0261. The molecule has 1 unspecified atom stereocenters. The predicted octanol–water partition coefficient (Wildman–Crippen LogP) is 20.5. The van der Waals surface area contributed by atoms with Gasteiger partial charge >= 0.3 is 17.9 Å². The van der Waals surface area contributed by atoms with Crippen molar-refractivity contribution in [1.82, 2.24) is 0 Å². The molecule has 0 fully saturated rings. The third-order valence-electron chi connectivity index (χ3n) is 13.2. The van der Waals surface area contributed by atoms with Crippen molar-refractivity contribution in [2.45, 2.75) is 309 Å². The Morgan fingerprint density at radius 2 is 0.577 bits per heavy atom. The van der Waals surface area contributed by atoms with E-state index in [1.807, 2.05) is 6.08 Å². The molecule has 0 rings (SSSR count). The standard InChI is InChI=1S/C65H114O6/c1-4-7-10-13-16-19-22-25-27-29-30-31-32-33-34-36-37-40-43-46-49-52-55-58-64(67)70-61-62(60-69-63(66)57-54-51-48-45-42-39-24-21-18-15-12-9-6-3)71-65(68)59-56-53-50-47-44-41-38-35-28-26-23-20-17-14-11-8-5-2/h9,12,18,21-22,25,29-30,39,42,48,51,62H,4-8,10-11,13-17,19-20,23-24,26-28,31-38,40-41,43-47,49-50,52-61H2,1-3H3/b12-9-,21-18-,25-22-,30-29-,42-39-,51-48-. The molecule has 6 heteroatoms. The van der Waals surface area contributed by atoms with Gasteiger partial charge in [-0.2, -0.15) is 0 Å². The normalized spacial score (nSPS) is 12.5. The monoisotopic (exact) mass is 991 g/mol. The van der Waals surface area contributed by atoms with Crippen LogP contribution in [0.1, 0.15) is 303 Å². The fourth-order valence-corrected chi connectivity index (χ4v) is 8.67. The van der Waals surface area contributed by atoms with Gasteiger partial charge in [0, 0.05) is 19.3 Å². The number of hydrogen-bond acceptors (Lipinski definition) is 6. The van der Waals surface area contributed by atoms with Gasteiger partial charge in [0.2, 0.25) is 0 Å². The van der Waals surface area contributed by atoms with Crippen LogP contribution in [0.5, 0.6) is 0 Å². The van der Waals surface area contributed by atoms with Crippen LogP contribution in [0.25, 0.3) is 0 Å². The predicted molar refractivity (Wildman–Crippen MR) is 307 cm³/mol. The highest BCUT2D eigenvalue weighted by molar-refractivity contribution is 5.71. The van der Waals surface area contributed by atoms with Crippen LogP contribution in [-0.2, 0) is 28.6 Å². The van der Waals surface area contributed by atoms with Crippen molar-refractivity contribution in [2.24, 2.45) is 0 Å². The Morgan fingerprint density at radius 3 is 0.944 bits per heavy atom. The van der Waals surface area contributed by atoms with E-state index in [0.717, 1.165) is 70.6 Å². The molecule has 0 aromatic carbocycles. The fraction of sp³-hybridized carbons (Fsp3) is 0.769. The fourth-order valence-electron chi connectivity index (χ4n) is 8.67. The summed E-state index contributed by atoms with van der Waals surface area (Å²) in [5, 5.41) is 0. The molecular formula is C65H114O6. The second-order valence-corrected chi connectivity index (χ2v) is 20.2. The molecule has 0 bridgehead atoms. The number of carbonyl (C=O) groups excluding carboxylic acids is 3. The number of ether oxygens (including phenoxy) is 3. The third kappa shape index (κ3) is 57.6. The lowest BCUT2D eigenvalue weighted by Crippen LogP contribution is -2.30. The lowest BCUT2D eigenvalue weighted by atomic mass is 10.0. The van der Waals surface area contributed by atoms with Gasteiger partial charge in [-0.3, -0.25) is 14.4 Å². The molecule has 0 N–H and O–H groups in total.